The fourth-order valence-corrected chi connectivity index (χ4v) is 3.54. The lowest BCUT2D eigenvalue weighted by atomic mass is 9.94. The van der Waals surface area contributed by atoms with Crippen LogP contribution in [-0.2, 0) is 10.0 Å². The molecule has 1 rings (SSSR count). The highest BCUT2D eigenvalue weighted by atomic mass is 32.2. The zero-order valence-electron chi connectivity index (χ0n) is 12.7. The van der Waals surface area contributed by atoms with E-state index in [9.17, 15) is 8.42 Å². The van der Waals surface area contributed by atoms with Gasteiger partial charge in [-0.15, -0.1) is 0 Å². The van der Waals surface area contributed by atoms with E-state index >= 15 is 0 Å². The highest BCUT2D eigenvalue weighted by Crippen LogP contribution is 2.24. The molecule has 0 saturated carbocycles. The van der Waals surface area contributed by atoms with Crippen molar-refractivity contribution in [1.29, 1.82) is 0 Å². The van der Waals surface area contributed by atoms with Crippen molar-refractivity contribution >= 4 is 10.0 Å². The fraction of sp³-hybridized carbons (Fsp3) is 0.600. The summed E-state index contributed by atoms with van der Waals surface area (Å²) >= 11 is 0. The van der Waals surface area contributed by atoms with Crippen LogP contribution < -0.4 is 4.72 Å². The van der Waals surface area contributed by atoms with E-state index in [1.54, 1.807) is 26.0 Å². The molecule has 0 amide bonds. The monoisotopic (exact) mass is 299 g/mol. The van der Waals surface area contributed by atoms with Crippen molar-refractivity contribution < 1.29 is 13.5 Å². The molecule has 0 atom stereocenters. The molecule has 0 unspecified atom stereocenters. The molecule has 0 heterocycles. The number of aliphatic hydroxyl groups excluding tert-OH is 1. The van der Waals surface area contributed by atoms with Gasteiger partial charge in [0.2, 0.25) is 10.0 Å². The summed E-state index contributed by atoms with van der Waals surface area (Å²) in [4.78, 5) is 0.230. The summed E-state index contributed by atoms with van der Waals surface area (Å²) in [5.74, 6) is 0.466. The molecule has 1 aromatic carbocycles. The van der Waals surface area contributed by atoms with Gasteiger partial charge in [0.1, 0.15) is 0 Å². The third-order valence-corrected chi connectivity index (χ3v) is 5.17. The van der Waals surface area contributed by atoms with E-state index in [1.807, 2.05) is 12.1 Å². The highest BCUT2D eigenvalue weighted by molar-refractivity contribution is 7.89. The van der Waals surface area contributed by atoms with Gasteiger partial charge in [-0.3, -0.25) is 0 Å². The Kier molecular flexibility index (Phi) is 5.74. The molecule has 0 aliphatic heterocycles. The molecular formula is C15H25NO3S. The number of rotatable bonds is 7. The van der Waals surface area contributed by atoms with Crippen LogP contribution in [0.5, 0.6) is 0 Å². The Balaban J connectivity index is 2.98. The van der Waals surface area contributed by atoms with Gasteiger partial charge in [-0.2, -0.15) is 0 Å². The van der Waals surface area contributed by atoms with Gasteiger partial charge in [0.25, 0.3) is 0 Å². The van der Waals surface area contributed by atoms with Crippen molar-refractivity contribution in [1.82, 2.24) is 4.72 Å². The Morgan fingerprint density at radius 1 is 1.15 bits per heavy atom. The normalized spacial score (nSPS) is 12.9. The predicted molar refractivity (Wildman–Crippen MR) is 81.3 cm³/mol. The number of aliphatic hydroxyl groups is 1. The Bertz CT molecular complexity index is 517. The van der Waals surface area contributed by atoms with Crippen LogP contribution in [0.25, 0.3) is 0 Å². The summed E-state index contributed by atoms with van der Waals surface area (Å²) in [7, 11) is -3.60. The van der Waals surface area contributed by atoms with Gasteiger partial charge in [0, 0.05) is 0 Å². The quantitative estimate of drug-likeness (QED) is 0.813. The molecule has 2 N–H and O–H groups in total. The summed E-state index contributed by atoms with van der Waals surface area (Å²) in [6, 6.07) is 7.00. The minimum absolute atomic E-state index is 0.230. The van der Waals surface area contributed by atoms with E-state index < -0.39 is 15.6 Å². The van der Waals surface area contributed by atoms with Gasteiger partial charge in [-0.25, -0.2) is 13.1 Å². The van der Waals surface area contributed by atoms with Crippen molar-refractivity contribution in [3.8, 4) is 0 Å². The molecule has 0 spiro atoms. The third kappa shape index (κ3) is 4.30. The Hall–Kier alpha value is -0.910. The van der Waals surface area contributed by atoms with Crippen molar-refractivity contribution in [2.75, 3.05) is 6.61 Å². The summed E-state index contributed by atoms with van der Waals surface area (Å²) < 4.78 is 26.9. The van der Waals surface area contributed by atoms with Crippen LogP contribution in [0.15, 0.2) is 29.2 Å². The first kappa shape index (κ1) is 17.1. The lowest BCUT2D eigenvalue weighted by molar-refractivity contribution is 0.208. The highest BCUT2D eigenvalue weighted by Gasteiger charge is 2.25. The molecule has 0 radical (unpaired) electrons. The molecule has 114 valence electrons. The molecule has 0 aromatic heterocycles. The largest absolute Gasteiger partial charge is 0.394 e. The molecule has 0 fully saturated rings. The number of hydrogen-bond donors (Lipinski definition) is 2. The van der Waals surface area contributed by atoms with Crippen molar-refractivity contribution in [2.45, 2.75) is 56.9 Å². The standard InChI is InChI=1S/C15H25NO3S/c1-5-12(6-2)13-7-9-14(10-8-13)20(18,19)16-15(3,4)11-17/h7-10,12,16-17H,5-6,11H2,1-4H3. The maximum Gasteiger partial charge on any atom is 0.241 e. The summed E-state index contributed by atoms with van der Waals surface area (Å²) in [6.07, 6.45) is 2.08. The van der Waals surface area contributed by atoms with Gasteiger partial charge in [0.05, 0.1) is 17.0 Å². The van der Waals surface area contributed by atoms with Gasteiger partial charge in [-0.1, -0.05) is 26.0 Å². The molecule has 0 saturated heterocycles. The molecule has 20 heavy (non-hydrogen) atoms. The second kappa shape index (κ2) is 6.70. The maximum absolute atomic E-state index is 12.2. The second-order valence-electron chi connectivity index (χ2n) is 5.73. The summed E-state index contributed by atoms with van der Waals surface area (Å²) in [5.41, 5.74) is 0.294. The fourth-order valence-electron chi connectivity index (χ4n) is 2.13. The molecular weight excluding hydrogens is 274 g/mol. The molecule has 0 bridgehead atoms. The number of hydrogen-bond acceptors (Lipinski definition) is 3. The van der Waals surface area contributed by atoms with Crippen molar-refractivity contribution in [3.63, 3.8) is 0 Å². The smallest absolute Gasteiger partial charge is 0.241 e. The van der Waals surface area contributed by atoms with E-state index in [0.29, 0.717) is 5.92 Å². The van der Waals surface area contributed by atoms with Crippen LogP contribution >= 0.6 is 0 Å². The van der Waals surface area contributed by atoms with E-state index in [-0.39, 0.29) is 11.5 Å². The number of benzene rings is 1. The first-order valence-corrected chi connectivity index (χ1v) is 8.49. The maximum atomic E-state index is 12.2. The van der Waals surface area contributed by atoms with Crippen LogP contribution in [0.1, 0.15) is 52.0 Å². The van der Waals surface area contributed by atoms with Gasteiger partial charge in [-0.05, 0) is 50.3 Å². The van der Waals surface area contributed by atoms with Crippen LogP contribution in [0.4, 0.5) is 0 Å². The zero-order chi connectivity index (χ0) is 15.4. The van der Waals surface area contributed by atoms with Gasteiger partial charge < -0.3 is 5.11 Å². The Morgan fingerprint density at radius 2 is 1.65 bits per heavy atom. The average molecular weight is 299 g/mol. The van der Waals surface area contributed by atoms with Gasteiger partial charge in [0.15, 0.2) is 0 Å². The third-order valence-electron chi connectivity index (χ3n) is 3.45. The average Bonchev–Trinajstić information content (AvgIpc) is 2.40. The van der Waals surface area contributed by atoms with E-state index in [4.69, 9.17) is 5.11 Å². The summed E-state index contributed by atoms with van der Waals surface area (Å²) in [5, 5.41) is 9.16. The zero-order valence-corrected chi connectivity index (χ0v) is 13.5. The number of nitrogens with one attached hydrogen (secondary N) is 1. The van der Waals surface area contributed by atoms with Gasteiger partial charge >= 0.3 is 0 Å². The van der Waals surface area contributed by atoms with Crippen molar-refractivity contribution in [2.24, 2.45) is 0 Å². The van der Waals surface area contributed by atoms with Crippen LogP contribution in [0.2, 0.25) is 0 Å². The van der Waals surface area contributed by atoms with Crippen LogP contribution in [0, 0.1) is 0 Å². The van der Waals surface area contributed by atoms with Crippen molar-refractivity contribution in [3.05, 3.63) is 29.8 Å². The first-order chi connectivity index (χ1) is 9.25. The van der Waals surface area contributed by atoms with E-state index in [0.717, 1.165) is 18.4 Å². The number of sulfonamides is 1. The SMILES string of the molecule is CCC(CC)c1ccc(S(=O)(=O)NC(C)(C)CO)cc1. The van der Waals surface area contributed by atoms with Crippen LogP contribution in [-0.4, -0.2) is 25.7 Å². The van der Waals surface area contributed by atoms with E-state index in [1.165, 1.54) is 0 Å². The minimum atomic E-state index is -3.60. The molecule has 1 aromatic rings. The second-order valence-corrected chi connectivity index (χ2v) is 7.41. The lowest BCUT2D eigenvalue weighted by Crippen LogP contribution is -2.46. The Morgan fingerprint density at radius 3 is 2.05 bits per heavy atom. The van der Waals surface area contributed by atoms with Crippen LogP contribution in [0.3, 0.4) is 0 Å². The molecule has 5 heteroatoms. The Labute approximate surface area is 122 Å². The topological polar surface area (TPSA) is 66.4 Å². The first-order valence-electron chi connectivity index (χ1n) is 7.00. The molecule has 4 nitrogen and oxygen atoms in total. The molecule has 0 aliphatic rings. The van der Waals surface area contributed by atoms with E-state index in [2.05, 4.69) is 18.6 Å². The summed E-state index contributed by atoms with van der Waals surface area (Å²) in [6.45, 7) is 7.29. The lowest BCUT2D eigenvalue weighted by Gasteiger charge is -2.23. The predicted octanol–water partition coefficient (Wildman–Crippen LogP) is 2.64. The minimum Gasteiger partial charge on any atom is -0.394 e. The molecule has 0 aliphatic carbocycles.